The standard InChI is InChI=1S/C10H15NO2/c12-6-7-13-9-11-8-10-4-2-1-3-5-10/h1-5,11-12H,6-9H2. The summed E-state index contributed by atoms with van der Waals surface area (Å²) < 4.78 is 5.04. The molecule has 0 aliphatic rings. The molecule has 2 N–H and O–H groups in total. The molecule has 0 amide bonds. The molecular weight excluding hydrogens is 166 g/mol. The fraction of sp³-hybridized carbons (Fsp3) is 0.400. The summed E-state index contributed by atoms with van der Waals surface area (Å²) in [5, 5.41) is 11.5. The molecule has 0 heterocycles. The van der Waals surface area contributed by atoms with Gasteiger partial charge in [-0.15, -0.1) is 0 Å². The van der Waals surface area contributed by atoms with Crippen molar-refractivity contribution in [1.82, 2.24) is 5.32 Å². The summed E-state index contributed by atoms with van der Waals surface area (Å²) >= 11 is 0. The average Bonchev–Trinajstić information content (AvgIpc) is 2.19. The first-order chi connectivity index (χ1) is 6.43. The molecule has 13 heavy (non-hydrogen) atoms. The van der Waals surface area contributed by atoms with E-state index in [2.05, 4.69) is 17.4 Å². The molecule has 0 aliphatic carbocycles. The second-order valence-corrected chi connectivity index (χ2v) is 2.69. The van der Waals surface area contributed by atoms with Crippen LogP contribution in [0.4, 0.5) is 0 Å². The van der Waals surface area contributed by atoms with Crippen LogP contribution in [0.15, 0.2) is 30.3 Å². The van der Waals surface area contributed by atoms with Crippen molar-refractivity contribution in [2.45, 2.75) is 6.54 Å². The zero-order valence-corrected chi connectivity index (χ0v) is 7.57. The number of rotatable bonds is 6. The predicted molar refractivity (Wildman–Crippen MR) is 51.2 cm³/mol. The highest BCUT2D eigenvalue weighted by molar-refractivity contribution is 5.13. The van der Waals surface area contributed by atoms with E-state index >= 15 is 0 Å². The van der Waals surface area contributed by atoms with Gasteiger partial charge < -0.3 is 9.84 Å². The Hall–Kier alpha value is -0.900. The van der Waals surface area contributed by atoms with Gasteiger partial charge in [0.25, 0.3) is 0 Å². The highest BCUT2D eigenvalue weighted by Gasteiger charge is 1.89. The predicted octanol–water partition coefficient (Wildman–Crippen LogP) is 0.743. The zero-order chi connectivity index (χ0) is 9.36. The SMILES string of the molecule is OCCOCNCc1ccccc1. The highest BCUT2D eigenvalue weighted by Crippen LogP contribution is 1.96. The van der Waals surface area contributed by atoms with Crippen LogP contribution in [-0.2, 0) is 11.3 Å². The van der Waals surface area contributed by atoms with Crippen LogP contribution in [0, 0.1) is 0 Å². The fourth-order valence-corrected chi connectivity index (χ4v) is 1.00. The topological polar surface area (TPSA) is 41.5 Å². The molecule has 0 saturated heterocycles. The Kier molecular flexibility index (Phi) is 5.17. The maximum Gasteiger partial charge on any atom is 0.0969 e. The normalized spacial score (nSPS) is 10.2. The van der Waals surface area contributed by atoms with Crippen molar-refractivity contribution in [3.05, 3.63) is 35.9 Å². The number of nitrogens with one attached hydrogen (secondary N) is 1. The molecule has 0 saturated carbocycles. The molecular formula is C10H15NO2. The number of aliphatic hydroxyl groups excluding tert-OH is 1. The lowest BCUT2D eigenvalue weighted by molar-refractivity contribution is 0.0791. The lowest BCUT2D eigenvalue weighted by Crippen LogP contribution is -2.18. The lowest BCUT2D eigenvalue weighted by atomic mass is 10.2. The number of hydrogen-bond donors (Lipinski definition) is 2. The van der Waals surface area contributed by atoms with E-state index in [0.717, 1.165) is 6.54 Å². The van der Waals surface area contributed by atoms with Gasteiger partial charge in [-0.2, -0.15) is 0 Å². The number of aliphatic hydroxyl groups is 1. The van der Waals surface area contributed by atoms with Crippen molar-refractivity contribution < 1.29 is 9.84 Å². The smallest absolute Gasteiger partial charge is 0.0969 e. The van der Waals surface area contributed by atoms with Gasteiger partial charge in [0, 0.05) is 6.54 Å². The molecule has 1 aromatic rings. The van der Waals surface area contributed by atoms with Gasteiger partial charge in [0.1, 0.15) is 0 Å². The fourth-order valence-electron chi connectivity index (χ4n) is 1.00. The van der Waals surface area contributed by atoms with Crippen molar-refractivity contribution in [3.63, 3.8) is 0 Å². The zero-order valence-electron chi connectivity index (χ0n) is 7.57. The van der Waals surface area contributed by atoms with Crippen LogP contribution in [0.3, 0.4) is 0 Å². The molecule has 0 bridgehead atoms. The summed E-state index contributed by atoms with van der Waals surface area (Å²) in [4.78, 5) is 0. The summed E-state index contributed by atoms with van der Waals surface area (Å²) in [5.74, 6) is 0. The summed E-state index contributed by atoms with van der Waals surface area (Å²) in [5.41, 5.74) is 1.23. The van der Waals surface area contributed by atoms with E-state index in [1.165, 1.54) is 5.56 Å². The summed E-state index contributed by atoms with van der Waals surface area (Å²) in [6.45, 7) is 1.75. The first-order valence-corrected chi connectivity index (χ1v) is 4.36. The molecule has 72 valence electrons. The van der Waals surface area contributed by atoms with Gasteiger partial charge in [-0.1, -0.05) is 30.3 Å². The Morgan fingerprint density at radius 2 is 2.00 bits per heavy atom. The minimum absolute atomic E-state index is 0.0764. The average molecular weight is 181 g/mol. The van der Waals surface area contributed by atoms with Crippen molar-refractivity contribution in [3.8, 4) is 0 Å². The van der Waals surface area contributed by atoms with Crippen LogP contribution in [0.5, 0.6) is 0 Å². The van der Waals surface area contributed by atoms with Gasteiger partial charge >= 0.3 is 0 Å². The number of ether oxygens (including phenoxy) is 1. The van der Waals surface area contributed by atoms with Crippen LogP contribution in [0.1, 0.15) is 5.56 Å². The summed E-state index contributed by atoms with van der Waals surface area (Å²) in [7, 11) is 0. The van der Waals surface area contributed by atoms with E-state index in [1.54, 1.807) is 0 Å². The minimum Gasteiger partial charge on any atom is -0.394 e. The molecule has 0 atom stereocenters. The van der Waals surface area contributed by atoms with Gasteiger partial charge in [0.05, 0.1) is 19.9 Å². The third-order valence-electron chi connectivity index (χ3n) is 1.61. The van der Waals surface area contributed by atoms with Crippen LogP contribution in [0.25, 0.3) is 0 Å². The molecule has 0 radical (unpaired) electrons. The second-order valence-electron chi connectivity index (χ2n) is 2.69. The van der Waals surface area contributed by atoms with E-state index in [9.17, 15) is 0 Å². The van der Waals surface area contributed by atoms with Crippen molar-refractivity contribution >= 4 is 0 Å². The monoisotopic (exact) mass is 181 g/mol. The molecule has 0 spiro atoms. The Balaban J connectivity index is 2.07. The van der Waals surface area contributed by atoms with E-state index in [-0.39, 0.29) is 6.61 Å². The van der Waals surface area contributed by atoms with Gasteiger partial charge in [-0.25, -0.2) is 0 Å². The van der Waals surface area contributed by atoms with E-state index in [4.69, 9.17) is 9.84 Å². The molecule has 0 aliphatic heterocycles. The molecule has 3 heteroatoms. The molecule has 0 aromatic heterocycles. The molecule has 0 unspecified atom stereocenters. The molecule has 1 aromatic carbocycles. The van der Waals surface area contributed by atoms with Gasteiger partial charge in [-0.3, -0.25) is 5.32 Å². The van der Waals surface area contributed by atoms with Gasteiger partial charge in [0.15, 0.2) is 0 Å². The minimum atomic E-state index is 0.0764. The Morgan fingerprint density at radius 1 is 1.23 bits per heavy atom. The highest BCUT2D eigenvalue weighted by atomic mass is 16.5. The molecule has 1 rings (SSSR count). The van der Waals surface area contributed by atoms with Crippen LogP contribution < -0.4 is 5.32 Å². The molecule has 0 fully saturated rings. The Morgan fingerprint density at radius 3 is 2.69 bits per heavy atom. The van der Waals surface area contributed by atoms with E-state index < -0.39 is 0 Å². The first-order valence-electron chi connectivity index (χ1n) is 4.36. The Labute approximate surface area is 78.3 Å². The van der Waals surface area contributed by atoms with Crippen molar-refractivity contribution in [2.75, 3.05) is 19.9 Å². The summed E-state index contributed by atoms with van der Waals surface area (Å²) in [6, 6.07) is 10.1. The third-order valence-corrected chi connectivity index (χ3v) is 1.61. The lowest BCUT2D eigenvalue weighted by Gasteiger charge is -2.04. The van der Waals surface area contributed by atoms with Gasteiger partial charge in [0.2, 0.25) is 0 Å². The summed E-state index contributed by atoms with van der Waals surface area (Å²) in [6.07, 6.45) is 0. The molecule has 3 nitrogen and oxygen atoms in total. The number of benzene rings is 1. The second kappa shape index (κ2) is 6.60. The van der Waals surface area contributed by atoms with Gasteiger partial charge in [-0.05, 0) is 5.56 Å². The largest absolute Gasteiger partial charge is 0.394 e. The maximum absolute atomic E-state index is 8.43. The van der Waals surface area contributed by atoms with Crippen LogP contribution in [0.2, 0.25) is 0 Å². The van der Waals surface area contributed by atoms with Crippen LogP contribution >= 0.6 is 0 Å². The maximum atomic E-state index is 8.43. The van der Waals surface area contributed by atoms with Crippen LogP contribution in [-0.4, -0.2) is 25.1 Å². The first kappa shape index (κ1) is 10.2. The third kappa shape index (κ3) is 4.62. The van der Waals surface area contributed by atoms with Crippen molar-refractivity contribution in [2.24, 2.45) is 0 Å². The van der Waals surface area contributed by atoms with E-state index in [0.29, 0.717) is 13.3 Å². The van der Waals surface area contributed by atoms with Crippen molar-refractivity contribution in [1.29, 1.82) is 0 Å². The van der Waals surface area contributed by atoms with E-state index in [1.807, 2.05) is 18.2 Å². The quantitative estimate of drug-likeness (QED) is 0.502. The number of hydrogen-bond acceptors (Lipinski definition) is 3. The Bertz CT molecular complexity index is 213.